The Kier molecular flexibility index (Phi) is 3.84. The number of anilines is 2. The monoisotopic (exact) mass is 369 g/mol. The topological polar surface area (TPSA) is 21.3 Å². The van der Waals surface area contributed by atoms with Crippen molar-refractivity contribution in [3.05, 3.63) is 96.0 Å². The van der Waals surface area contributed by atoms with Gasteiger partial charge >= 0.3 is 0 Å². The first-order chi connectivity index (χ1) is 13.3. The highest BCUT2D eigenvalue weighted by molar-refractivity contribution is 6.33. The molecule has 0 atom stereocenters. The van der Waals surface area contributed by atoms with E-state index >= 15 is 0 Å². The molecule has 0 amide bonds. The van der Waals surface area contributed by atoms with Crippen LogP contribution in [0.15, 0.2) is 91.0 Å². The number of nitrogens with one attached hydrogen (secondary N) is 1. The molecule has 130 valence electrons. The SMILES string of the molecule is Clc1ccccc1Nc1ccc2c(c1)-c1ccccc1-c1ccccc1O2. The highest BCUT2D eigenvalue weighted by Crippen LogP contribution is 2.47. The summed E-state index contributed by atoms with van der Waals surface area (Å²) in [5, 5.41) is 4.10. The van der Waals surface area contributed by atoms with Crippen molar-refractivity contribution in [1.82, 2.24) is 0 Å². The summed E-state index contributed by atoms with van der Waals surface area (Å²) in [6.07, 6.45) is 0. The molecule has 0 bridgehead atoms. The molecule has 1 aliphatic heterocycles. The van der Waals surface area contributed by atoms with E-state index in [1.165, 1.54) is 5.56 Å². The lowest BCUT2D eigenvalue weighted by molar-refractivity contribution is 0.488. The number of fused-ring (bicyclic) bond motifs is 5. The quantitative estimate of drug-likeness (QED) is 0.347. The fraction of sp³-hybridized carbons (Fsp3) is 0. The minimum atomic E-state index is 0.691. The van der Waals surface area contributed by atoms with Crippen LogP contribution in [0.1, 0.15) is 0 Å². The van der Waals surface area contributed by atoms with Gasteiger partial charge in [-0.2, -0.15) is 0 Å². The maximum atomic E-state index is 6.30. The van der Waals surface area contributed by atoms with Crippen molar-refractivity contribution in [3.63, 3.8) is 0 Å². The fourth-order valence-corrected chi connectivity index (χ4v) is 3.66. The van der Waals surface area contributed by atoms with Gasteiger partial charge in [-0.3, -0.25) is 0 Å². The molecule has 27 heavy (non-hydrogen) atoms. The van der Waals surface area contributed by atoms with E-state index in [9.17, 15) is 0 Å². The summed E-state index contributed by atoms with van der Waals surface area (Å²) in [7, 11) is 0. The average Bonchev–Trinajstić information content (AvgIpc) is 2.84. The zero-order valence-electron chi connectivity index (χ0n) is 14.4. The minimum Gasteiger partial charge on any atom is -0.456 e. The molecule has 4 aromatic rings. The average molecular weight is 370 g/mol. The Balaban J connectivity index is 1.66. The van der Waals surface area contributed by atoms with E-state index in [2.05, 4.69) is 41.7 Å². The van der Waals surface area contributed by atoms with E-state index in [0.29, 0.717) is 5.02 Å². The van der Waals surface area contributed by atoms with Crippen LogP contribution in [0.3, 0.4) is 0 Å². The van der Waals surface area contributed by atoms with Gasteiger partial charge in [0.25, 0.3) is 0 Å². The summed E-state index contributed by atoms with van der Waals surface area (Å²) in [6.45, 7) is 0. The first-order valence-electron chi connectivity index (χ1n) is 8.82. The molecule has 1 heterocycles. The van der Waals surface area contributed by atoms with Crippen molar-refractivity contribution in [2.24, 2.45) is 0 Å². The van der Waals surface area contributed by atoms with Crippen molar-refractivity contribution in [3.8, 4) is 33.8 Å². The van der Waals surface area contributed by atoms with Gasteiger partial charge in [0.2, 0.25) is 0 Å². The molecule has 2 nitrogen and oxygen atoms in total. The highest BCUT2D eigenvalue weighted by Gasteiger charge is 2.20. The Bertz CT molecular complexity index is 1150. The van der Waals surface area contributed by atoms with Gasteiger partial charge < -0.3 is 10.1 Å². The molecule has 0 radical (unpaired) electrons. The number of rotatable bonds is 2. The second-order valence-corrected chi connectivity index (χ2v) is 6.87. The largest absolute Gasteiger partial charge is 0.456 e. The second kappa shape index (κ2) is 6.49. The van der Waals surface area contributed by atoms with Crippen molar-refractivity contribution in [2.45, 2.75) is 0 Å². The van der Waals surface area contributed by atoms with Gasteiger partial charge in [-0.25, -0.2) is 0 Å². The van der Waals surface area contributed by atoms with Crippen molar-refractivity contribution in [2.75, 3.05) is 5.32 Å². The van der Waals surface area contributed by atoms with Crippen LogP contribution >= 0.6 is 11.6 Å². The lowest BCUT2D eigenvalue weighted by atomic mass is 9.94. The molecular weight excluding hydrogens is 354 g/mol. The zero-order chi connectivity index (χ0) is 18.2. The Morgan fingerprint density at radius 1 is 0.593 bits per heavy atom. The molecule has 0 aliphatic carbocycles. The van der Waals surface area contributed by atoms with E-state index in [1.807, 2.05) is 54.6 Å². The predicted molar refractivity (Wildman–Crippen MR) is 112 cm³/mol. The molecule has 1 aliphatic rings. The molecule has 3 heteroatoms. The Hall–Kier alpha value is -3.23. The van der Waals surface area contributed by atoms with Crippen molar-refractivity contribution < 1.29 is 4.74 Å². The third-order valence-electron chi connectivity index (χ3n) is 4.75. The van der Waals surface area contributed by atoms with Gasteiger partial charge in [-0.1, -0.05) is 66.2 Å². The van der Waals surface area contributed by atoms with Crippen LogP contribution in [0.4, 0.5) is 11.4 Å². The Labute approximate surface area is 163 Å². The van der Waals surface area contributed by atoms with Crippen LogP contribution in [-0.4, -0.2) is 0 Å². The number of ether oxygens (including phenoxy) is 1. The van der Waals surface area contributed by atoms with E-state index in [4.69, 9.17) is 16.3 Å². The van der Waals surface area contributed by atoms with E-state index < -0.39 is 0 Å². The molecule has 0 aromatic heterocycles. The summed E-state index contributed by atoms with van der Waals surface area (Å²) in [5.74, 6) is 1.72. The zero-order valence-corrected chi connectivity index (χ0v) is 15.2. The van der Waals surface area contributed by atoms with Gasteiger partial charge in [0, 0.05) is 16.8 Å². The molecule has 0 fully saturated rings. The summed E-state index contributed by atoms with van der Waals surface area (Å²) in [6, 6.07) is 30.4. The smallest absolute Gasteiger partial charge is 0.135 e. The van der Waals surface area contributed by atoms with Crippen LogP contribution in [0, 0.1) is 0 Å². The standard InChI is InChI=1S/C24H16ClNO/c25-21-10-4-5-11-22(21)26-16-13-14-24-20(15-16)18-8-2-1-7-17(18)19-9-3-6-12-23(19)27-24/h1-15,26H. The summed E-state index contributed by atoms with van der Waals surface area (Å²) < 4.78 is 6.26. The molecular formula is C24H16ClNO. The normalized spacial score (nSPS) is 11.4. The minimum absolute atomic E-state index is 0.691. The maximum absolute atomic E-state index is 6.30. The predicted octanol–water partition coefficient (Wildman–Crippen LogP) is 7.52. The van der Waals surface area contributed by atoms with Crippen LogP contribution < -0.4 is 10.1 Å². The molecule has 4 aromatic carbocycles. The number of halogens is 1. The third-order valence-corrected chi connectivity index (χ3v) is 5.08. The Morgan fingerprint density at radius 2 is 1.22 bits per heavy atom. The molecule has 0 spiro atoms. The van der Waals surface area contributed by atoms with E-state index in [-0.39, 0.29) is 0 Å². The van der Waals surface area contributed by atoms with Gasteiger partial charge in [-0.15, -0.1) is 0 Å². The molecule has 0 saturated carbocycles. The van der Waals surface area contributed by atoms with Gasteiger partial charge in [0.15, 0.2) is 0 Å². The first kappa shape index (κ1) is 16.0. The second-order valence-electron chi connectivity index (χ2n) is 6.46. The fourth-order valence-electron chi connectivity index (χ4n) is 3.47. The Morgan fingerprint density at radius 3 is 2.04 bits per heavy atom. The van der Waals surface area contributed by atoms with E-state index in [1.54, 1.807) is 0 Å². The summed E-state index contributed by atoms with van der Waals surface area (Å²) >= 11 is 6.30. The number of para-hydroxylation sites is 2. The van der Waals surface area contributed by atoms with Crippen LogP contribution in [0.5, 0.6) is 11.5 Å². The van der Waals surface area contributed by atoms with Crippen molar-refractivity contribution >= 4 is 23.0 Å². The third kappa shape index (κ3) is 2.84. The van der Waals surface area contributed by atoms with Crippen LogP contribution in [0.2, 0.25) is 5.02 Å². The maximum Gasteiger partial charge on any atom is 0.135 e. The molecule has 0 unspecified atom stereocenters. The number of benzene rings is 4. The molecule has 1 N–H and O–H groups in total. The summed E-state index contributed by atoms with van der Waals surface area (Å²) in [5.41, 5.74) is 6.32. The number of hydrogen-bond acceptors (Lipinski definition) is 2. The lowest BCUT2D eigenvalue weighted by Crippen LogP contribution is -1.93. The number of hydrogen-bond donors (Lipinski definition) is 1. The van der Waals surface area contributed by atoms with Crippen LogP contribution in [-0.2, 0) is 0 Å². The van der Waals surface area contributed by atoms with Gasteiger partial charge in [-0.05, 0) is 47.5 Å². The lowest BCUT2D eigenvalue weighted by Gasteiger charge is -2.13. The van der Waals surface area contributed by atoms with Crippen molar-refractivity contribution in [1.29, 1.82) is 0 Å². The van der Waals surface area contributed by atoms with Gasteiger partial charge in [0.1, 0.15) is 11.5 Å². The molecule has 5 rings (SSSR count). The first-order valence-corrected chi connectivity index (χ1v) is 9.20. The van der Waals surface area contributed by atoms with E-state index in [0.717, 1.165) is 39.6 Å². The van der Waals surface area contributed by atoms with Crippen LogP contribution in [0.25, 0.3) is 22.3 Å². The highest BCUT2D eigenvalue weighted by atomic mass is 35.5. The molecule has 0 saturated heterocycles. The summed E-state index contributed by atoms with van der Waals surface area (Å²) in [4.78, 5) is 0. The van der Waals surface area contributed by atoms with Gasteiger partial charge in [0.05, 0.1) is 10.7 Å².